The predicted molar refractivity (Wildman–Crippen MR) is 88.1 cm³/mol. The number of rotatable bonds is 3. The molecule has 24 heavy (non-hydrogen) atoms. The van der Waals surface area contributed by atoms with Crippen molar-refractivity contribution in [3.63, 3.8) is 0 Å². The first-order chi connectivity index (χ1) is 11.2. The van der Waals surface area contributed by atoms with Crippen molar-refractivity contribution in [2.24, 2.45) is 5.92 Å². The lowest BCUT2D eigenvalue weighted by Crippen LogP contribution is -2.52. The molecular weight excluding hydrogens is 310 g/mol. The molecule has 1 aromatic heterocycles. The normalized spacial score (nSPS) is 15.4. The molecule has 0 spiro atoms. The third kappa shape index (κ3) is 3.50. The van der Waals surface area contributed by atoms with E-state index in [1.807, 2.05) is 20.8 Å². The number of carboxylic acid groups (broad SMARTS) is 1. The van der Waals surface area contributed by atoms with Gasteiger partial charge in [-0.15, -0.1) is 0 Å². The fourth-order valence-electron chi connectivity index (χ4n) is 2.74. The fraction of sp³-hybridized carbons (Fsp3) is 0.471. The van der Waals surface area contributed by atoms with Crippen molar-refractivity contribution >= 4 is 23.1 Å². The van der Waals surface area contributed by atoms with E-state index >= 15 is 0 Å². The van der Waals surface area contributed by atoms with Crippen LogP contribution in [0.3, 0.4) is 0 Å². The van der Waals surface area contributed by atoms with E-state index in [1.54, 1.807) is 23.1 Å². The Morgan fingerprint density at radius 2 is 2.08 bits per heavy atom. The smallest absolute Gasteiger partial charge is 0.410 e. The summed E-state index contributed by atoms with van der Waals surface area (Å²) in [5.41, 5.74) is 1.21. The molecule has 0 radical (unpaired) electrons. The summed E-state index contributed by atoms with van der Waals surface area (Å²) in [6, 6.07) is 4.83. The molecule has 1 amide bonds. The van der Waals surface area contributed by atoms with Crippen molar-refractivity contribution < 1.29 is 19.4 Å². The number of carbonyl (C=O) groups is 2. The maximum atomic E-state index is 11.9. The summed E-state index contributed by atoms with van der Waals surface area (Å²) in [6.07, 6.45) is 0.436. The van der Waals surface area contributed by atoms with E-state index in [4.69, 9.17) is 9.84 Å². The van der Waals surface area contributed by atoms with Gasteiger partial charge in [0.1, 0.15) is 11.4 Å². The van der Waals surface area contributed by atoms with Gasteiger partial charge in [0.05, 0.1) is 16.6 Å². The molecule has 1 aromatic carbocycles. The average Bonchev–Trinajstić information content (AvgIpc) is 2.81. The van der Waals surface area contributed by atoms with E-state index in [-0.39, 0.29) is 11.7 Å². The highest BCUT2D eigenvalue weighted by Crippen LogP contribution is 2.23. The minimum atomic E-state index is -0.958. The van der Waals surface area contributed by atoms with Crippen LogP contribution in [0.25, 0.3) is 11.0 Å². The number of fused-ring (bicyclic) bond motifs is 1. The molecule has 7 heteroatoms. The van der Waals surface area contributed by atoms with Crippen LogP contribution in [-0.2, 0) is 11.2 Å². The topological polar surface area (TPSA) is 95.5 Å². The SMILES string of the molecule is CC(C)(C)OC(=O)N1CC(Cc2nc3ccc(C(=O)O)cc3[nH]2)C1. The van der Waals surface area contributed by atoms with Crippen LogP contribution in [0.2, 0.25) is 0 Å². The molecule has 2 heterocycles. The maximum absolute atomic E-state index is 11.9. The summed E-state index contributed by atoms with van der Waals surface area (Å²) in [5.74, 6) is 0.179. The van der Waals surface area contributed by atoms with Gasteiger partial charge in [0.2, 0.25) is 0 Å². The number of hydrogen-bond donors (Lipinski definition) is 2. The number of imidazole rings is 1. The summed E-state index contributed by atoms with van der Waals surface area (Å²) in [7, 11) is 0. The number of carbonyl (C=O) groups excluding carboxylic acids is 1. The van der Waals surface area contributed by atoms with Gasteiger partial charge in [-0.1, -0.05) is 0 Å². The van der Waals surface area contributed by atoms with Gasteiger partial charge >= 0.3 is 12.1 Å². The Morgan fingerprint density at radius 1 is 1.38 bits per heavy atom. The molecule has 0 saturated carbocycles. The number of nitrogens with one attached hydrogen (secondary N) is 1. The summed E-state index contributed by atoms with van der Waals surface area (Å²) in [6.45, 7) is 6.84. The minimum absolute atomic E-state index is 0.234. The third-order valence-corrected chi connectivity index (χ3v) is 3.87. The van der Waals surface area contributed by atoms with Crippen molar-refractivity contribution in [2.45, 2.75) is 32.8 Å². The van der Waals surface area contributed by atoms with Crippen LogP contribution in [-0.4, -0.2) is 50.7 Å². The van der Waals surface area contributed by atoms with Gasteiger partial charge in [-0.25, -0.2) is 14.6 Å². The second-order valence-corrected chi connectivity index (χ2v) is 7.18. The van der Waals surface area contributed by atoms with E-state index in [0.717, 1.165) is 17.8 Å². The van der Waals surface area contributed by atoms with Crippen molar-refractivity contribution in [3.05, 3.63) is 29.6 Å². The Kier molecular flexibility index (Phi) is 3.95. The van der Waals surface area contributed by atoms with Crippen molar-refractivity contribution in [1.82, 2.24) is 14.9 Å². The van der Waals surface area contributed by atoms with Gasteiger partial charge < -0.3 is 19.7 Å². The van der Waals surface area contributed by atoms with Gasteiger partial charge in [-0.2, -0.15) is 0 Å². The van der Waals surface area contributed by atoms with Crippen LogP contribution in [0.4, 0.5) is 4.79 Å². The Labute approximate surface area is 139 Å². The minimum Gasteiger partial charge on any atom is -0.478 e. The first kappa shape index (κ1) is 16.3. The lowest BCUT2D eigenvalue weighted by atomic mass is 9.97. The maximum Gasteiger partial charge on any atom is 0.410 e. The van der Waals surface area contributed by atoms with Crippen LogP contribution < -0.4 is 0 Å². The number of aromatic amines is 1. The zero-order valence-electron chi connectivity index (χ0n) is 14.0. The highest BCUT2D eigenvalue weighted by atomic mass is 16.6. The highest BCUT2D eigenvalue weighted by molar-refractivity contribution is 5.92. The number of likely N-dealkylation sites (tertiary alicyclic amines) is 1. The van der Waals surface area contributed by atoms with E-state index in [1.165, 1.54) is 0 Å². The Bertz CT molecular complexity index is 785. The van der Waals surface area contributed by atoms with Crippen LogP contribution in [0.5, 0.6) is 0 Å². The van der Waals surface area contributed by atoms with Gasteiger partial charge in [0.15, 0.2) is 0 Å². The molecule has 1 aliphatic heterocycles. The molecule has 128 valence electrons. The van der Waals surface area contributed by atoms with Gasteiger partial charge in [0.25, 0.3) is 0 Å². The number of aromatic nitrogens is 2. The molecule has 1 fully saturated rings. The Balaban J connectivity index is 1.59. The quantitative estimate of drug-likeness (QED) is 0.901. The van der Waals surface area contributed by atoms with Gasteiger partial charge in [0, 0.05) is 25.4 Å². The number of benzene rings is 1. The first-order valence-electron chi connectivity index (χ1n) is 7.91. The van der Waals surface area contributed by atoms with Crippen LogP contribution in [0.1, 0.15) is 37.0 Å². The Hall–Kier alpha value is -2.57. The van der Waals surface area contributed by atoms with Crippen LogP contribution in [0.15, 0.2) is 18.2 Å². The molecule has 2 N–H and O–H groups in total. The first-order valence-corrected chi connectivity index (χ1v) is 7.91. The molecule has 0 bridgehead atoms. The van der Waals surface area contributed by atoms with Crippen LogP contribution >= 0.6 is 0 Å². The number of carboxylic acids is 1. The molecular formula is C17H21N3O4. The van der Waals surface area contributed by atoms with E-state index in [2.05, 4.69) is 9.97 Å². The Morgan fingerprint density at radius 3 is 2.71 bits per heavy atom. The van der Waals surface area contributed by atoms with Gasteiger partial charge in [-0.05, 0) is 39.0 Å². The summed E-state index contributed by atoms with van der Waals surface area (Å²) in [4.78, 5) is 32.2. The number of aromatic carboxylic acids is 1. The zero-order valence-corrected chi connectivity index (χ0v) is 14.0. The van der Waals surface area contributed by atoms with Crippen LogP contribution in [0, 0.1) is 5.92 Å². The van der Waals surface area contributed by atoms with E-state index in [0.29, 0.717) is 24.5 Å². The highest BCUT2D eigenvalue weighted by Gasteiger charge is 2.34. The fourth-order valence-corrected chi connectivity index (χ4v) is 2.74. The zero-order chi connectivity index (χ0) is 17.5. The number of H-pyrrole nitrogens is 1. The number of ether oxygens (including phenoxy) is 1. The van der Waals surface area contributed by atoms with Crippen molar-refractivity contribution in [2.75, 3.05) is 13.1 Å². The van der Waals surface area contributed by atoms with E-state index < -0.39 is 11.6 Å². The largest absolute Gasteiger partial charge is 0.478 e. The molecule has 0 aliphatic carbocycles. The standard InChI is InChI=1S/C17H21N3O4/c1-17(2,3)24-16(23)20-8-10(9-20)6-14-18-12-5-4-11(15(21)22)7-13(12)19-14/h4-5,7,10H,6,8-9H2,1-3H3,(H,18,19)(H,21,22). The molecule has 7 nitrogen and oxygen atoms in total. The summed E-state index contributed by atoms with van der Waals surface area (Å²) < 4.78 is 5.33. The number of hydrogen-bond acceptors (Lipinski definition) is 4. The predicted octanol–water partition coefficient (Wildman–Crippen LogP) is 2.67. The number of nitrogens with zero attached hydrogens (tertiary/aromatic N) is 2. The second-order valence-electron chi connectivity index (χ2n) is 7.18. The molecule has 0 unspecified atom stereocenters. The monoisotopic (exact) mass is 331 g/mol. The number of amides is 1. The molecule has 1 saturated heterocycles. The molecule has 2 aromatic rings. The summed E-state index contributed by atoms with van der Waals surface area (Å²) in [5, 5.41) is 9.02. The lowest BCUT2D eigenvalue weighted by Gasteiger charge is -2.39. The third-order valence-electron chi connectivity index (χ3n) is 3.87. The molecule has 0 atom stereocenters. The summed E-state index contributed by atoms with van der Waals surface area (Å²) >= 11 is 0. The van der Waals surface area contributed by atoms with Crippen molar-refractivity contribution in [1.29, 1.82) is 0 Å². The average molecular weight is 331 g/mol. The molecule has 1 aliphatic rings. The molecule has 3 rings (SSSR count). The second kappa shape index (κ2) is 5.81. The lowest BCUT2D eigenvalue weighted by molar-refractivity contribution is -0.00112. The van der Waals surface area contributed by atoms with E-state index in [9.17, 15) is 9.59 Å². The van der Waals surface area contributed by atoms with Crippen molar-refractivity contribution in [3.8, 4) is 0 Å². The van der Waals surface area contributed by atoms with Gasteiger partial charge in [-0.3, -0.25) is 0 Å².